The lowest BCUT2D eigenvalue weighted by molar-refractivity contribution is -0.385. The van der Waals surface area contributed by atoms with Crippen LogP contribution in [0.15, 0.2) is 12.1 Å². The summed E-state index contributed by atoms with van der Waals surface area (Å²) in [4.78, 5) is 20.7. The summed E-state index contributed by atoms with van der Waals surface area (Å²) in [5.41, 5.74) is 0.235. The van der Waals surface area contributed by atoms with E-state index in [1.54, 1.807) is 0 Å². The fraction of sp³-hybridized carbons (Fsp3) is 0.200. The number of hydrogen-bond donors (Lipinski definition) is 0. The van der Waals surface area contributed by atoms with Crippen molar-refractivity contribution < 1.29 is 14.5 Å². The molecular weight excluding hydrogens is 212 g/mol. The van der Waals surface area contributed by atoms with Crippen LogP contribution in [0.3, 0.4) is 0 Å². The molecule has 0 saturated heterocycles. The lowest BCUT2D eigenvalue weighted by Crippen LogP contribution is -1.99. The average Bonchev–Trinajstić information content (AvgIpc) is 2.29. The monoisotopic (exact) mass is 220 g/mol. The number of hydrogen-bond acceptors (Lipinski definition) is 5. The number of methoxy groups -OCH3 is 1. The first-order valence-corrected chi connectivity index (χ1v) is 4.31. The van der Waals surface area contributed by atoms with E-state index in [4.69, 9.17) is 10.00 Å². The van der Waals surface area contributed by atoms with Gasteiger partial charge in [-0.3, -0.25) is 14.9 Å². The first-order chi connectivity index (χ1) is 7.63. The predicted octanol–water partition coefficient (Wildman–Crippen LogP) is 1.48. The maximum absolute atomic E-state index is 10.8. The molecule has 0 aliphatic carbocycles. The molecule has 0 heterocycles. The highest BCUT2D eigenvalue weighted by atomic mass is 16.6. The van der Waals surface area contributed by atoms with E-state index in [0.717, 1.165) is 6.07 Å². The molecule has 0 aliphatic heterocycles. The fourth-order valence-corrected chi connectivity index (χ4v) is 1.31. The quantitative estimate of drug-likeness (QED) is 0.435. The molecule has 0 bridgehead atoms. The van der Waals surface area contributed by atoms with Crippen molar-refractivity contribution in [2.24, 2.45) is 0 Å². The number of nitrogens with zero attached hydrogens (tertiary/aromatic N) is 2. The van der Waals surface area contributed by atoms with Crippen molar-refractivity contribution >= 4 is 12.0 Å². The van der Waals surface area contributed by atoms with Gasteiger partial charge >= 0.3 is 0 Å². The van der Waals surface area contributed by atoms with E-state index in [1.807, 2.05) is 6.07 Å². The summed E-state index contributed by atoms with van der Waals surface area (Å²) >= 11 is 0. The van der Waals surface area contributed by atoms with Gasteiger partial charge in [0.2, 0.25) is 0 Å². The molecule has 0 spiro atoms. The van der Waals surface area contributed by atoms with E-state index < -0.39 is 4.92 Å². The maximum atomic E-state index is 10.8. The topological polar surface area (TPSA) is 93.2 Å². The van der Waals surface area contributed by atoms with Crippen LogP contribution < -0.4 is 4.74 Å². The molecule has 0 amide bonds. The van der Waals surface area contributed by atoms with E-state index in [1.165, 1.54) is 13.2 Å². The van der Waals surface area contributed by atoms with Crippen molar-refractivity contribution in [3.8, 4) is 11.8 Å². The number of nitro benzene ring substituents is 1. The Labute approximate surface area is 91.2 Å². The van der Waals surface area contributed by atoms with Crippen molar-refractivity contribution in [2.75, 3.05) is 7.11 Å². The van der Waals surface area contributed by atoms with Gasteiger partial charge in [-0.05, 0) is 0 Å². The molecule has 82 valence electrons. The standard InChI is InChI=1S/C10H8N2O4/c1-16-10-5-8(12(14)15)4-7(6-13)9(10)2-3-11/h4-6H,2H2,1H3. The Morgan fingerprint density at radius 1 is 1.62 bits per heavy atom. The van der Waals surface area contributed by atoms with Crippen molar-refractivity contribution in [2.45, 2.75) is 6.42 Å². The van der Waals surface area contributed by atoms with Crippen molar-refractivity contribution in [1.82, 2.24) is 0 Å². The molecule has 0 N–H and O–H groups in total. The van der Waals surface area contributed by atoms with E-state index in [0.29, 0.717) is 11.8 Å². The van der Waals surface area contributed by atoms with Crippen molar-refractivity contribution in [1.29, 1.82) is 5.26 Å². The number of carbonyl (C=O) groups excluding carboxylic acids is 1. The largest absolute Gasteiger partial charge is 0.496 e. The minimum Gasteiger partial charge on any atom is -0.496 e. The summed E-state index contributed by atoms with van der Waals surface area (Å²) in [5, 5.41) is 19.2. The minimum absolute atomic E-state index is 0.0325. The Kier molecular flexibility index (Phi) is 3.56. The first kappa shape index (κ1) is 11.7. The van der Waals surface area contributed by atoms with Crippen LogP contribution in [0.4, 0.5) is 5.69 Å². The van der Waals surface area contributed by atoms with Gasteiger partial charge in [0.15, 0.2) is 6.29 Å². The normalized spacial score (nSPS) is 9.25. The molecule has 0 atom stereocenters. The zero-order chi connectivity index (χ0) is 12.1. The van der Waals surface area contributed by atoms with E-state index in [9.17, 15) is 14.9 Å². The van der Waals surface area contributed by atoms with Gasteiger partial charge in [0.05, 0.1) is 30.6 Å². The minimum atomic E-state index is -0.619. The predicted molar refractivity (Wildman–Crippen MR) is 54.4 cm³/mol. The molecule has 0 aromatic heterocycles. The van der Waals surface area contributed by atoms with Crippen LogP contribution in [0.25, 0.3) is 0 Å². The second kappa shape index (κ2) is 4.89. The Bertz CT molecular complexity index is 476. The second-order valence-corrected chi connectivity index (χ2v) is 2.93. The van der Waals surface area contributed by atoms with Gasteiger partial charge < -0.3 is 4.74 Å². The fourth-order valence-electron chi connectivity index (χ4n) is 1.31. The average molecular weight is 220 g/mol. The van der Waals surface area contributed by atoms with E-state index in [-0.39, 0.29) is 23.4 Å². The number of nitriles is 1. The summed E-state index contributed by atoms with van der Waals surface area (Å²) < 4.78 is 4.92. The smallest absolute Gasteiger partial charge is 0.273 e. The van der Waals surface area contributed by atoms with Crippen LogP contribution in [-0.4, -0.2) is 18.3 Å². The third-order valence-corrected chi connectivity index (χ3v) is 2.04. The lowest BCUT2D eigenvalue weighted by Gasteiger charge is -2.07. The number of rotatable bonds is 4. The number of nitro groups is 1. The molecule has 1 aromatic carbocycles. The Hall–Kier alpha value is -2.42. The summed E-state index contributed by atoms with van der Waals surface area (Å²) in [6, 6.07) is 4.19. The SMILES string of the molecule is COc1cc([N+](=O)[O-])cc(C=O)c1CC#N. The maximum Gasteiger partial charge on any atom is 0.273 e. The molecule has 0 radical (unpaired) electrons. The number of ether oxygens (including phenoxy) is 1. The Balaban J connectivity index is 3.43. The van der Waals surface area contributed by atoms with Gasteiger partial charge in [-0.25, -0.2) is 0 Å². The molecule has 6 heteroatoms. The summed E-state index contributed by atoms with van der Waals surface area (Å²) in [5.74, 6) is 0.179. The highest BCUT2D eigenvalue weighted by Crippen LogP contribution is 2.28. The molecule has 16 heavy (non-hydrogen) atoms. The second-order valence-electron chi connectivity index (χ2n) is 2.93. The highest BCUT2D eigenvalue weighted by molar-refractivity contribution is 5.80. The third kappa shape index (κ3) is 2.15. The van der Waals surface area contributed by atoms with Crippen LogP contribution in [-0.2, 0) is 6.42 Å². The Morgan fingerprint density at radius 3 is 2.75 bits per heavy atom. The van der Waals surface area contributed by atoms with Gasteiger partial charge in [-0.1, -0.05) is 0 Å². The summed E-state index contributed by atoms with van der Waals surface area (Å²) in [6.07, 6.45) is 0.442. The van der Waals surface area contributed by atoms with Crippen molar-refractivity contribution in [3.05, 3.63) is 33.4 Å². The highest BCUT2D eigenvalue weighted by Gasteiger charge is 2.16. The lowest BCUT2D eigenvalue weighted by atomic mass is 10.0. The van der Waals surface area contributed by atoms with Gasteiger partial charge in [0.1, 0.15) is 5.75 Å². The van der Waals surface area contributed by atoms with Crippen LogP contribution in [0.5, 0.6) is 5.75 Å². The molecule has 0 fully saturated rings. The van der Waals surface area contributed by atoms with Gasteiger partial charge in [-0.15, -0.1) is 0 Å². The Morgan fingerprint density at radius 2 is 2.31 bits per heavy atom. The number of aldehydes is 1. The van der Waals surface area contributed by atoms with Crippen LogP contribution in [0.1, 0.15) is 15.9 Å². The van der Waals surface area contributed by atoms with Crippen molar-refractivity contribution in [3.63, 3.8) is 0 Å². The number of carbonyl (C=O) groups is 1. The number of non-ortho nitro benzene ring substituents is 1. The number of benzene rings is 1. The zero-order valence-corrected chi connectivity index (χ0v) is 8.47. The van der Waals surface area contributed by atoms with E-state index >= 15 is 0 Å². The van der Waals surface area contributed by atoms with E-state index in [2.05, 4.69) is 0 Å². The summed E-state index contributed by atoms with van der Waals surface area (Å²) in [7, 11) is 1.33. The first-order valence-electron chi connectivity index (χ1n) is 4.31. The summed E-state index contributed by atoms with van der Waals surface area (Å²) in [6.45, 7) is 0. The van der Waals surface area contributed by atoms with Crippen LogP contribution in [0, 0.1) is 21.4 Å². The zero-order valence-electron chi connectivity index (χ0n) is 8.47. The molecule has 0 saturated carbocycles. The molecule has 6 nitrogen and oxygen atoms in total. The molecule has 0 unspecified atom stereocenters. The third-order valence-electron chi connectivity index (χ3n) is 2.04. The van der Waals surface area contributed by atoms with Gasteiger partial charge in [0, 0.05) is 17.2 Å². The van der Waals surface area contributed by atoms with Crippen LogP contribution in [0.2, 0.25) is 0 Å². The molecule has 1 aromatic rings. The molecule has 1 rings (SSSR count). The van der Waals surface area contributed by atoms with Gasteiger partial charge in [0.25, 0.3) is 5.69 Å². The molecular formula is C10H8N2O4. The molecule has 0 aliphatic rings. The van der Waals surface area contributed by atoms with Crippen LogP contribution >= 0.6 is 0 Å². The van der Waals surface area contributed by atoms with Gasteiger partial charge in [-0.2, -0.15) is 5.26 Å².